The largest absolute Gasteiger partial charge is 0.379 e. The van der Waals surface area contributed by atoms with Gasteiger partial charge in [0.05, 0.1) is 5.71 Å². The highest BCUT2D eigenvalue weighted by atomic mass is 16.7. The van der Waals surface area contributed by atoms with E-state index in [0.29, 0.717) is 24.4 Å². The maximum atomic E-state index is 12.6. The van der Waals surface area contributed by atoms with Crippen molar-refractivity contribution < 1.29 is 9.63 Å². The average Bonchev–Trinajstić information content (AvgIpc) is 3.17. The van der Waals surface area contributed by atoms with Crippen LogP contribution in [-0.2, 0) is 9.63 Å². The number of hydrogen-bond acceptors (Lipinski definition) is 4. The Bertz CT molecular complexity index is 633. The zero-order valence-electron chi connectivity index (χ0n) is 14.1. The Labute approximate surface area is 142 Å². The number of nitrogens with zero attached hydrogens (tertiary/aromatic N) is 1. The molecule has 3 aliphatic rings. The van der Waals surface area contributed by atoms with Crippen molar-refractivity contribution in [1.29, 1.82) is 0 Å². The Morgan fingerprint density at radius 3 is 2.71 bits per heavy atom. The summed E-state index contributed by atoms with van der Waals surface area (Å²) in [4.78, 5) is 18.2. The first-order valence-corrected chi connectivity index (χ1v) is 8.97. The lowest BCUT2D eigenvalue weighted by Gasteiger charge is -2.30. The molecule has 1 amide bonds. The topological polar surface area (TPSA) is 62.7 Å². The Balaban J connectivity index is 1.32. The summed E-state index contributed by atoms with van der Waals surface area (Å²) in [7, 11) is 0. The van der Waals surface area contributed by atoms with Crippen LogP contribution >= 0.6 is 0 Å². The van der Waals surface area contributed by atoms with Crippen molar-refractivity contribution in [3.05, 3.63) is 35.9 Å². The monoisotopic (exact) mass is 327 g/mol. The van der Waals surface area contributed by atoms with Gasteiger partial charge in [-0.1, -0.05) is 35.5 Å². The second-order valence-corrected chi connectivity index (χ2v) is 7.59. The molecule has 4 atom stereocenters. The molecular weight excluding hydrogens is 302 g/mol. The first-order valence-electron chi connectivity index (χ1n) is 8.97. The van der Waals surface area contributed by atoms with Gasteiger partial charge in [-0.25, -0.2) is 0 Å². The van der Waals surface area contributed by atoms with E-state index in [4.69, 9.17) is 4.84 Å². The van der Waals surface area contributed by atoms with Crippen molar-refractivity contribution in [2.75, 3.05) is 6.54 Å². The first kappa shape index (κ1) is 15.6. The molecule has 128 valence electrons. The van der Waals surface area contributed by atoms with E-state index in [-0.39, 0.29) is 5.91 Å². The molecule has 0 radical (unpaired) electrons. The molecule has 0 aliphatic carbocycles. The zero-order valence-corrected chi connectivity index (χ0v) is 14.1. The molecule has 5 nitrogen and oxygen atoms in total. The normalized spacial score (nSPS) is 34.5. The quantitative estimate of drug-likeness (QED) is 0.891. The van der Waals surface area contributed by atoms with Crippen LogP contribution in [0.4, 0.5) is 0 Å². The summed E-state index contributed by atoms with van der Waals surface area (Å²) in [6.45, 7) is 2.57. The molecule has 5 heteroatoms. The minimum Gasteiger partial charge on any atom is -0.379 e. The minimum atomic E-state index is -0.892. The van der Waals surface area contributed by atoms with Gasteiger partial charge in [-0.3, -0.25) is 4.79 Å². The fourth-order valence-electron chi connectivity index (χ4n) is 4.21. The second kappa shape index (κ2) is 6.20. The molecule has 2 saturated heterocycles. The standard InChI is InChI=1S/C19H25N3O2/c1-19(11-17(22-24-19)14-5-3-2-4-6-14)18(23)20-12-13-9-15-7-8-16(10-13)21-15/h2-6,13,15-16,21H,7-12H2,1H3,(H,20,23)/t13?,15-,16+,19?. The van der Waals surface area contributed by atoms with Crippen LogP contribution in [-0.4, -0.2) is 35.8 Å². The SMILES string of the molecule is CC1(C(=O)NCC2C[C@H]3CC[C@@H](C2)N3)CC(c2ccccc2)=NO1. The number of nitrogens with one attached hydrogen (secondary N) is 2. The summed E-state index contributed by atoms with van der Waals surface area (Å²) in [6, 6.07) is 11.2. The van der Waals surface area contributed by atoms with Gasteiger partial charge < -0.3 is 15.5 Å². The highest BCUT2D eigenvalue weighted by Gasteiger charge is 2.42. The zero-order chi connectivity index (χ0) is 16.6. The van der Waals surface area contributed by atoms with E-state index >= 15 is 0 Å². The maximum absolute atomic E-state index is 12.6. The minimum absolute atomic E-state index is 0.0527. The molecule has 3 aliphatic heterocycles. The molecule has 1 aromatic rings. The average molecular weight is 327 g/mol. The number of benzene rings is 1. The van der Waals surface area contributed by atoms with Crippen molar-refractivity contribution in [2.45, 2.75) is 56.7 Å². The fraction of sp³-hybridized carbons (Fsp3) is 0.579. The van der Waals surface area contributed by atoms with Gasteiger partial charge >= 0.3 is 0 Å². The van der Waals surface area contributed by atoms with Gasteiger partial charge in [-0.15, -0.1) is 0 Å². The highest BCUT2D eigenvalue weighted by molar-refractivity contribution is 6.05. The predicted molar refractivity (Wildman–Crippen MR) is 92.8 cm³/mol. The summed E-state index contributed by atoms with van der Waals surface area (Å²) in [5, 5.41) is 10.9. The lowest BCUT2D eigenvalue weighted by molar-refractivity contribution is -0.141. The van der Waals surface area contributed by atoms with Crippen molar-refractivity contribution in [1.82, 2.24) is 10.6 Å². The van der Waals surface area contributed by atoms with Crippen LogP contribution in [0.1, 0.15) is 44.6 Å². The predicted octanol–water partition coefficient (Wildman–Crippen LogP) is 2.22. The second-order valence-electron chi connectivity index (χ2n) is 7.59. The maximum Gasteiger partial charge on any atom is 0.267 e. The fourth-order valence-corrected chi connectivity index (χ4v) is 4.21. The Morgan fingerprint density at radius 2 is 2.00 bits per heavy atom. The van der Waals surface area contributed by atoms with Crippen LogP contribution in [0.3, 0.4) is 0 Å². The smallest absolute Gasteiger partial charge is 0.267 e. The summed E-state index contributed by atoms with van der Waals surface area (Å²) < 4.78 is 0. The summed E-state index contributed by atoms with van der Waals surface area (Å²) in [6.07, 6.45) is 5.41. The molecule has 2 unspecified atom stereocenters. The molecule has 0 spiro atoms. The molecule has 0 aromatic heterocycles. The third-order valence-corrected chi connectivity index (χ3v) is 5.57. The molecule has 24 heavy (non-hydrogen) atoms. The van der Waals surface area contributed by atoms with Crippen molar-refractivity contribution in [3.63, 3.8) is 0 Å². The van der Waals surface area contributed by atoms with Gasteiger partial charge in [0.2, 0.25) is 5.60 Å². The molecule has 2 N–H and O–H groups in total. The number of hydrogen-bond donors (Lipinski definition) is 2. The Hall–Kier alpha value is -1.88. The van der Waals surface area contributed by atoms with E-state index in [9.17, 15) is 4.79 Å². The van der Waals surface area contributed by atoms with Crippen LogP contribution in [0, 0.1) is 5.92 Å². The summed E-state index contributed by atoms with van der Waals surface area (Å²) in [5.74, 6) is 0.523. The van der Waals surface area contributed by atoms with Crippen LogP contribution < -0.4 is 10.6 Å². The number of carbonyl (C=O) groups excluding carboxylic acids is 1. The van der Waals surface area contributed by atoms with E-state index in [1.54, 1.807) is 0 Å². The van der Waals surface area contributed by atoms with E-state index in [2.05, 4.69) is 15.8 Å². The van der Waals surface area contributed by atoms with Crippen molar-refractivity contribution >= 4 is 11.6 Å². The van der Waals surface area contributed by atoms with Crippen LogP contribution in [0.25, 0.3) is 0 Å². The number of amides is 1. The van der Waals surface area contributed by atoms with Gasteiger partial charge in [-0.05, 0) is 44.1 Å². The molecule has 4 rings (SSSR count). The van der Waals surface area contributed by atoms with E-state index in [1.165, 1.54) is 25.7 Å². The Kier molecular flexibility index (Phi) is 4.04. The van der Waals surface area contributed by atoms with Gasteiger partial charge in [-0.2, -0.15) is 0 Å². The lowest BCUT2D eigenvalue weighted by Crippen LogP contribution is -2.48. The number of oxime groups is 1. The van der Waals surface area contributed by atoms with Gasteiger partial charge in [0, 0.05) is 25.0 Å². The third kappa shape index (κ3) is 3.05. The van der Waals surface area contributed by atoms with Gasteiger partial charge in [0.1, 0.15) is 0 Å². The Morgan fingerprint density at radius 1 is 1.29 bits per heavy atom. The van der Waals surface area contributed by atoms with Gasteiger partial charge in [0.15, 0.2) is 0 Å². The molecule has 1 aromatic carbocycles. The number of fused-ring (bicyclic) bond motifs is 2. The molecular formula is C19H25N3O2. The van der Waals surface area contributed by atoms with Gasteiger partial charge in [0.25, 0.3) is 5.91 Å². The van der Waals surface area contributed by atoms with Crippen molar-refractivity contribution in [3.8, 4) is 0 Å². The summed E-state index contributed by atoms with van der Waals surface area (Å²) in [5.41, 5.74) is 0.967. The lowest BCUT2D eigenvalue weighted by atomic mass is 9.91. The highest BCUT2D eigenvalue weighted by Crippen LogP contribution is 2.31. The van der Waals surface area contributed by atoms with Crippen LogP contribution in [0.15, 0.2) is 35.5 Å². The van der Waals surface area contributed by atoms with E-state index in [1.807, 2.05) is 37.3 Å². The van der Waals surface area contributed by atoms with E-state index in [0.717, 1.165) is 17.8 Å². The molecule has 2 bridgehead atoms. The first-order chi connectivity index (χ1) is 11.6. The number of piperidine rings is 1. The number of rotatable bonds is 4. The van der Waals surface area contributed by atoms with Crippen LogP contribution in [0.2, 0.25) is 0 Å². The molecule has 3 heterocycles. The van der Waals surface area contributed by atoms with E-state index < -0.39 is 5.60 Å². The van der Waals surface area contributed by atoms with Crippen molar-refractivity contribution in [2.24, 2.45) is 11.1 Å². The summed E-state index contributed by atoms with van der Waals surface area (Å²) >= 11 is 0. The molecule has 2 fully saturated rings. The van der Waals surface area contributed by atoms with Crippen LogP contribution in [0.5, 0.6) is 0 Å². The third-order valence-electron chi connectivity index (χ3n) is 5.57. The number of carbonyl (C=O) groups is 1. The molecule has 0 saturated carbocycles.